The molecular formula is C22H26ClN5O2S. The topological polar surface area (TPSA) is 88.9 Å². The summed E-state index contributed by atoms with van der Waals surface area (Å²) in [6.45, 7) is 6.02. The fraction of sp³-hybridized carbons (Fsp3) is 0.455. The van der Waals surface area contributed by atoms with Crippen molar-refractivity contribution in [3.8, 4) is 0 Å². The molecule has 0 aliphatic heterocycles. The standard InChI is InChI=1S/C22H26ClN5O2S/c1-22(2,3)28-18-17(16(27-28)20(30)24-15-10-5-4-6-11-15)31-21(25-18)26-19(29)13-8-7-9-14(23)12-13/h7-9,12,15H,4-6,10-11H2,1-3H3,(H,24,30)(H,25,26,29). The first kappa shape index (κ1) is 21.8. The molecule has 1 fully saturated rings. The van der Waals surface area contributed by atoms with Crippen LogP contribution < -0.4 is 10.6 Å². The van der Waals surface area contributed by atoms with E-state index in [4.69, 9.17) is 11.6 Å². The van der Waals surface area contributed by atoms with Crippen LogP contribution in [-0.4, -0.2) is 32.6 Å². The van der Waals surface area contributed by atoms with Crippen molar-refractivity contribution in [2.75, 3.05) is 5.32 Å². The second-order valence-electron chi connectivity index (χ2n) is 8.88. The number of nitrogens with one attached hydrogen (secondary N) is 2. The Kier molecular flexibility index (Phi) is 6.03. The Morgan fingerprint density at radius 1 is 1.16 bits per heavy atom. The number of hydrogen-bond acceptors (Lipinski definition) is 5. The maximum atomic E-state index is 13.0. The van der Waals surface area contributed by atoms with Crippen LogP contribution in [0, 0.1) is 0 Å². The van der Waals surface area contributed by atoms with Crippen molar-refractivity contribution >= 4 is 50.2 Å². The van der Waals surface area contributed by atoms with E-state index in [1.807, 2.05) is 20.8 Å². The number of fused-ring (bicyclic) bond motifs is 1. The van der Waals surface area contributed by atoms with Crippen LogP contribution in [0.15, 0.2) is 24.3 Å². The molecule has 31 heavy (non-hydrogen) atoms. The van der Waals surface area contributed by atoms with E-state index in [0.717, 1.165) is 25.7 Å². The molecule has 2 heterocycles. The molecular weight excluding hydrogens is 434 g/mol. The van der Waals surface area contributed by atoms with Gasteiger partial charge in [-0.25, -0.2) is 4.68 Å². The lowest BCUT2D eigenvalue weighted by molar-refractivity contribution is 0.0922. The van der Waals surface area contributed by atoms with E-state index < -0.39 is 0 Å². The van der Waals surface area contributed by atoms with Gasteiger partial charge in [0.15, 0.2) is 16.5 Å². The summed E-state index contributed by atoms with van der Waals surface area (Å²) in [5.74, 6) is -0.487. The van der Waals surface area contributed by atoms with Gasteiger partial charge in [-0.1, -0.05) is 48.3 Å². The molecule has 1 aliphatic carbocycles. The van der Waals surface area contributed by atoms with Crippen LogP contribution in [0.5, 0.6) is 0 Å². The molecule has 0 saturated heterocycles. The summed E-state index contributed by atoms with van der Waals surface area (Å²) in [5.41, 5.74) is 1.02. The summed E-state index contributed by atoms with van der Waals surface area (Å²) in [4.78, 5) is 30.3. The Morgan fingerprint density at radius 3 is 2.58 bits per heavy atom. The van der Waals surface area contributed by atoms with E-state index in [0.29, 0.717) is 31.8 Å². The van der Waals surface area contributed by atoms with Crippen LogP contribution in [-0.2, 0) is 5.54 Å². The highest BCUT2D eigenvalue weighted by Crippen LogP contribution is 2.33. The van der Waals surface area contributed by atoms with Gasteiger partial charge in [0.2, 0.25) is 0 Å². The molecule has 0 spiro atoms. The smallest absolute Gasteiger partial charge is 0.273 e. The minimum atomic E-state index is -0.371. The summed E-state index contributed by atoms with van der Waals surface area (Å²) in [7, 11) is 0. The molecule has 1 saturated carbocycles. The van der Waals surface area contributed by atoms with Crippen LogP contribution in [0.4, 0.5) is 5.13 Å². The third-order valence-corrected chi connectivity index (χ3v) is 6.52. The minimum absolute atomic E-state index is 0.184. The number of anilines is 1. The zero-order valence-corrected chi connectivity index (χ0v) is 19.4. The van der Waals surface area contributed by atoms with E-state index in [2.05, 4.69) is 20.7 Å². The Labute approximate surface area is 190 Å². The van der Waals surface area contributed by atoms with Gasteiger partial charge in [-0.2, -0.15) is 10.1 Å². The fourth-order valence-electron chi connectivity index (χ4n) is 3.77. The highest BCUT2D eigenvalue weighted by atomic mass is 35.5. The second-order valence-corrected chi connectivity index (χ2v) is 10.3. The van der Waals surface area contributed by atoms with Gasteiger partial charge in [0.25, 0.3) is 11.8 Å². The predicted octanol–water partition coefficient (Wildman–Crippen LogP) is 5.22. The number of aromatic nitrogens is 3. The second kappa shape index (κ2) is 8.59. The summed E-state index contributed by atoms with van der Waals surface area (Å²) in [6.07, 6.45) is 5.49. The van der Waals surface area contributed by atoms with Gasteiger partial charge in [-0.3, -0.25) is 14.9 Å². The molecule has 0 atom stereocenters. The number of halogens is 1. The van der Waals surface area contributed by atoms with Gasteiger partial charge >= 0.3 is 0 Å². The van der Waals surface area contributed by atoms with Gasteiger partial charge in [-0.05, 0) is 51.8 Å². The normalized spacial score (nSPS) is 15.2. The van der Waals surface area contributed by atoms with Crippen molar-refractivity contribution in [2.45, 2.75) is 64.5 Å². The molecule has 0 unspecified atom stereocenters. The summed E-state index contributed by atoms with van der Waals surface area (Å²) in [5, 5.41) is 11.5. The molecule has 9 heteroatoms. The molecule has 3 aromatic rings. The van der Waals surface area contributed by atoms with E-state index in [9.17, 15) is 9.59 Å². The van der Waals surface area contributed by atoms with Gasteiger partial charge in [-0.15, -0.1) is 0 Å². The quantitative estimate of drug-likeness (QED) is 0.560. The number of nitrogens with zero attached hydrogens (tertiary/aromatic N) is 3. The SMILES string of the molecule is CC(C)(C)n1nc(C(=O)NC2CCCCC2)c2sc(NC(=O)c3cccc(Cl)c3)nc21. The van der Waals surface area contributed by atoms with E-state index in [1.165, 1.54) is 17.8 Å². The van der Waals surface area contributed by atoms with Crippen LogP contribution in [0.25, 0.3) is 10.3 Å². The lowest BCUT2D eigenvalue weighted by atomic mass is 9.95. The molecule has 2 amide bonds. The van der Waals surface area contributed by atoms with Gasteiger partial charge in [0.1, 0.15) is 4.70 Å². The van der Waals surface area contributed by atoms with Crippen molar-refractivity contribution < 1.29 is 9.59 Å². The van der Waals surface area contributed by atoms with Gasteiger partial charge in [0, 0.05) is 16.6 Å². The average molecular weight is 460 g/mol. The maximum Gasteiger partial charge on any atom is 0.273 e. The number of amides is 2. The third kappa shape index (κ3) is 4.75. The summed E-state index contributed by atoms with van der Waals surface area (Å²) >= 11 is 7.25. The Balaban J connectivity index is 1.65. The number of benzene rings is 1. The zero-order valence-electron chi connectivity index (χ0n) is 17.9. The first-order valence-corrected chi connectivity index (χ1v) is 11.7. The molecule has 7 nitrogen and oxygen atoms in total. The molecule has 2 N–H and O–H groups in total. The minimum Gasteiger partial charge on any atom is -0.348 e. The van der Waals surface area contributed by atoms with E-state index in [1.54, 1.807) is 28.9 Å². The molecule has 4 rings (SSSR count). The molecule has 1 aliphatic rings. The highest BCUT2D eigenvalue weighted by Gasteiger charge is 2.28. The van der Waals surface area contributed by atoms with Gasteiger partial charge in [0.05, 0.1) is 5.54 Å². The van der Waals surface area contributed by atoms with Crippen LogP contribution in [0.3, 0.4) is 0 Å². The number of thiazole rings is 1. The third-order valence-electron chi connectivity index (χ3n) is 5.32. The predicted molar refractivity (Wildman–Crippen MR) is 124 cm³/mol. The molecule has 1 aromatic carbocycles. The van der Waals surface area contributed by atoms with Crippen LogP contribution >= 0.6 is 22.9 Å². The van der Waals surface area contributed by atoms with Crippen molar-refractivity contribution in [1.29, 1.82) is 0 Å². The zero-order chi connectivity index (χ0) is 22.2. The molecule has 164 valence electrons. The Bertz CT molecular complexity index is 1120. The Morgan fingerprint density at radius 2 is 1.90 bits per heavy atom. The van der Waals surface area contributed by atoms with Crippen molar-refractivity contribution in [3.05, 3.63) is 40.5 Å². The van der Waals surface area contributed by atoms with E-state index in [-0.39, 0.29) is 23.4 Å². The summed E-state index contributed by atoms with van der Waals surface area (Å²) in [6, 6.07) is 6.91. The average Bonchev–Trinajstić information content (AvgIpc) is 3.26. The Hall–Kier alpha value is -2.45. The number of rotatable bonds is 4. The van der Waals surface area contributed by atoms with Crippen molar-refractivity contribution in [1.82, 2.24) is 20.1 Å². The highest BCUT2D eigenvalue weighted by molar-refractivity contribution is 7.22. The van der Waals surface area contributed by atoms with E-state index >= 15 is 0 Å². The fourth-order valence-corrected chi connectivity index (χ4v) is 4.89. The number of carbonyl (C=O) groups is 2. The monoisotopic (exact) mass is 459 g/mol. The molecule has 0 radical (unpaired) electrons. The van der Waals surface area contributed by atoms with Gasteiger partial charge < -0.3 is 5.32 Å². The van der Waals surface area contributed by atoms with Crippen LogP contribution in [0.1, 0.15) is 73.7 Å². The molecule has 0 bridgehead atoms. The van der Waals surface area contributed by atoms with Crippen molar-refractivity contribution in [3.63, 3.8) is 0 Å². The lowest BCUT2D eigenvalue weighted by Crippen LogP contribution is -2.36. The number of carbonyl (C=O) groups excluding carboxylic acids is 2. The molecule has 2 aromatic heterocycles. The first-order valence-electron chi connectivity index (χ1n) is 10.5. The van der Waals surface area contributed by atoms with Crippen molar-refractivity contribution in [2.24, 2.45) is 0 Å². The maximum absolute atomic E-state index is 13.0. The first-order chi connectivity index (χ1) is 14.7. The number of hydrogen-bond donors (Lipinski definition) is 2. The lowest BCUT2D eigenvalue weighted by Gasteiger charge is -2.22. The summed E-state index contributed by atoms with van der Waals surface area (Å²) < 4.78 is 2.42. The largest absolute Gasteiger partial charge is 0.348 e. The van der Waals surface area contributed by atoms with Crippen LogP contribution in [0.2, 0.25) is 5.02 Å².